The van der Waals surface area contributed by atoms with Gasteiger partial charge in [0.2, 0.25) is 0 Å². The molecule has 0 atom stereocenters. The first-order valence-corrected chi connectivity index (χ1v) is 6.74. The fraction of sp³-hybridized carbons (Fsp3) is 0.188. The lowest BCUT2D eigenvalue weighted by Crippen LogP contribution is -1.83. The molecule has 0 amide bonds. The van der Waals surface area contributed by atoms with Gasteiger partial charge in [0, 0.05) is 16.8 Å². The molecule has 0 spiro atoms. The van der Waals surface area contributed by atoms with Gasteiger partial charge in [0.25, 0.3) is 0 Å². The van der Waals surface area contributed by atoms with E-state index in [9.17, 15) is 5.11 Å². The molecule has 0 aromatic heterocycles. The number of hydrogen-bond acceptors (Lipinski definition) is 2. The molecule has 2 aromatic rings. The second-order valence-corrected chi connectivity index (χ2v) is 5.20. The van der Waals surface area contributed by atoms with Crippen LogP contribution in [0.5, 0.6) is 5.75 Å². The highest BCUT2D eigenvalue weighted by Crippen LogP contribution is 2.27. The molecule has 0 unspecified atom stereocenters. The standard InChI is InChI=1S/C16H14ClNO/c17-14-5-7-16(19)13(8-14)10-18-15-6-4-11-2-1-3-12(11)9-15/h4-10,19H,1-3H2. The van der Waals surface area contributed by atoms with Crippen LogP contribution in [0.15, 0.2) is 41.4 Å². The van der Waals surface area contributed by atoms with Crippen molar-refractivity contribution in [3.8, 4) is 5.75 Å². The highest BCUT2D eigenvalue weighted by Gasteiger charge is 2.10. The maximum absolute atomic E-state index is 9.72. The number of benzene rings is 2. The van der Waals surface area contributed by atoms with Crippen LogP contribution < -0.4 is 0 Å². The number of nitrogens with zero attached hydrogens (tertiary/aromatic N) is 1. The van der Waals surface area contributed by atoms with E-state index in [2.05, 4.69) is 17.1 Å². The van der Waals surface area contributed by atoms with Crippen molar-refractivity contribution in [2.45, 2.75) is 19.3 Å². The summed E-state index contributed by atoms with van der Waals surface area (Å²) in [5, 5.41) is 10.3. The Hall–Kier alpha value is -1.80. The minimum Gasteiger partial charge on any atom is -0.507 e. The van der Waals surface area contributed by atoms with Gasteiger partial charge in [-0.1, -0.05) is 17.7 Å². The topological polar surface area (TPSA) is 32.6 Å². The molecule has 3 heteroatoms. The normalized spacial score (nSPS) is 13.9. The van der Waals surface area contributed by atoms with Gasteiger partial charge in [0.15, 0.2) is 0 Å². The van der Waals surface area contributed by atoms with Crippen LogP contribution in [0.4, 0.5) is 5.69 Å². The number of phenolic OH excluding ortho intramolecular Hbond substituents is 1. The van der Waals surface area contributed by atoms with E-state index >= 15 is 0 Å². The van der Waals surface area contributed by atoms with Crippen LogP contribution in [0.25, 0.3) is 0 Å². The molecular formula is C16H14ClNO. The van der Waals surface area contributed by atoms with Crippen LogP contribution in [-0.4, -0.2) is 11.3 Å². The summed E-state index contributed by atoms with van der Waals surface area (Å²) in [5.41, 5.74) is 4.38. The molecule has 0 heterocycles. The van der Waals surface area contributed by atoms with Crippen LogP contribution in [0, 0.1) is 0 Å². The van der Waals surface area contributed by atoms with Crippen molar-refractivity contribution in [1.29, 1.82) is 0 Å². The highest BCUT2D eigenvalue weighted by atomic mass is 35.5. The number of hydrogen-bond donors (Lipinski definition) is 1. The van der Waals surface area contributed by atoms with Gasteiger partial charge in [-0.05, 0) is 60.7 Å². The maximum Gasteiger partial charge on any atom is 0.124 e. The average molecular weight is 272 g/mol. The molecule has 1 N–H and O–H groups in total. The molecule has 0 bridgehead atoms. The number of rotatable bonds is 2. The summed E-state index contributed by atoms with van der Waals surface area (Å²) in [6.07, 6.45) is 5.20. The third-order valence-corrected chi connectivity index (χ3v) is 3.66. The SMILES string of the molecule is Oc1ccc(Cl)cc1C=Nc1ccc2c(c1)CCC2. The molecule has 2 nitrogen and oxygen atoms in total. The first kappa shape index (κ1) is 12.2. The molecule has 19 heavy (non-hydrogen) atoms. The molecule has 0 saturated heterocycles. The Balaban J connectivity index is 1.88. The van der Waals surface area contributed by atoms with Gasteiger partial charge in [-0.2, -0.15) is 0 Å². The second kappa shape index (κ2) is 5.06. The summed E-state index contributed by atoms with van der Waals surface area (Å²) in [4.78, 5) is 4.41. The first-order chi connectivity index (χ1) is 9.22. The number of phenols is 1. The van der Waals surface area contributed by atoms with E-state index in [1.54, 1.807) is 24.4 Å². The molecule has 0 saturated carbocycles. The largest absolute Gasteiger partial charge is 0.507 e. The van der Waals surface area contributed by atoms with Gasteiger partial charge in [-0.25, -0.2) is 0 Å². The number of aryl methyl sites for hydroxylation is 2. The van der Waals surface area contributed by atoms with Crippen LogP contribution in [-0.2, 0) is 12.8 Å². The zero-order valence-corrected chi connectivity index (χ0v) is 11.2. The van der Waals surface area contributed by atoms with Crippen molar-refractivity contribution in [2.24, 2.45) is 4.99 Å². The Kier molecular flexibility index (Phi) is 3.26. The smallest absolute Gasteiger partial charge is 0.124 e. The monoisotopic (exact) mass is 271 g/mol. The van der Waals surface area contributed by atoms with Gasteiger partial charge in [-0.3, -0.25) is 4.99 Å². The predicted molar refractivity (Wildman–Crippen MR) is 78.8 cm³/mol. The molecule has 96 valence electrons. The third-order valence-electron chi connectivity index (χ3n) is 3.42. The average Bonchev–Trinajstić information content (AvgIpc) is 2.87. The molecule has 0 radical (unpaired) electrons. The maximum atomic E-state index is 9.72. The minimum absolute atomic E-state index is 0.189. The van der Waals surface area contributed by atoms with E-state index in [1.165, 1.54) is 24.0 Å². The van der Waals surface area contributed by atoms with E-state index in [1.807, 2.05) is 6.07 Å². The van der Waals surface area contributed by atoms with E-state index in [-0.39, 0.29) is 5.75 Å². The lowest BCUT2D eigenvalue weighted by atomic mass is 10.1. The van der Waals surface area contributed by atoms with Gasteiger partial charge in [0.1, 0.15) is 5.75 Å². The Morgan fingerprint density at radius 1 is 1.05 bits per heavy atom. The van der Waals surface area contributed by atoms with E-state index in [4.69, 9.17) is 11.6 Å². The first-order valence-electron chi connectivity index (χ1n) is 6.37. The molecule has 1 aliphatic carbocycles. The molecule has 1 aliphatic rings. The van der Waals surface area contributed by atoms with Crippen LogP contribution in [0.2, 0.25) is 5.02 Å². The van der Waals surface area contributed by atoms with Gasteiger partial charge < -0.3 is 5.11 Å². The van der Waals surface area contributed by atoms with Gasteiger partial charge in [-0.15, -0.1) is 0 Å². The van der Waals surface area contributed by atoms with Gasteiger partial charge in [0.05, 0.1) is 5.69 Å². The zero-order chi connectivity index (χ0) is 13.2. The Labute approximate surface area is 117 Å². The van der Waals surface area contributed by atoms with E-state index in [0.717, 1.165) is 12.1 Å². The summed E-state index contributed by atoms with van der Waals surface area (Å²) in [6.45, 7) is 0. The summed E-state index contributed by atoms with van der Waals surface area (Å²) in [5.74, 6) is 0.189. The fourth-order valence-electron chi connectivity index (χ4n) is 2.41. The van der Waals surface area contributed by atoms with Crippen LogP contribution in [0.1, 0.15) is 23.1 Å². The van der Waals surface area contributed by atoms with Crippen molar-refractivity contribution in [2.75, 3.05) is 0 Å². The lowest BCUT2D eigenvalue weighted by Gasteiger charge is -2.01. The molecular weight excluding hydrogens is 258 g/mol. The predicted octanol–water partition coefficient (Wildman–Crippen LogP) is 4.28. The fourth-order valence-corrected chi connectivity index (χ4v) is 2.59. The third kappa shape index (κ3) is 2.64. The molecule has 0 aliphatic heterocycles. The number of aliphatic imine (C=N–C) groups is 1. The molecule has 3 rings (SSSR count). The van der Waals surface area contributed by atoms with Crippen molar-refractivity contribution in [3.63, 3.8) is 0 Å². The second-order valence-electron chi connectivity index (χ2n) is 4.77. The van der Waals surface area contributed by atoms with E-state index in [0.29, 0.717) is 10.6 Å². The van der Waals surface area contributed by atoms with Crippen molar-refractivity contribution in [1.82, 2.24) is 0 Å². The Morgan fingerprint density at radius 3 is 2.79 bits per heavy atom. The summed E-state index contributed by atoms with van der Waals surface area (Å²) >= 11 is 5.90. The zero-order valence-electron chi connectivity index (χ0n) is 10.4. The quantitative estimate of drug-likeness (QED) is 0.812. The van der Waals surface area contributed by atoms with Crippen molar-refractivity contribution >= 4 is 23.5 Å². The molecule has 2 aromatic carbocycles. The van der Waals surface area contributed by atoms with Crippen molar-refractivity contribution < 1.29 is 5.11 Å². The summed E-state index contributed by atoms with van der Waals surface area (Å²) in [6, 6.07) is 11.2. The minimum atomic E-state index is 0.189. The number of fused-ring (bicyclic) bond motifs is 1. The summed E-state index contributed by atoms with van der Waals surface area (Å²) in [7, 11) is 0. The molecule has 0 fully saturated rings. The van der Waals surface area contributed by atoms with E-state index < -0.39 is 0 Å². The van der Waals surface area contributed by atoms with Crippen LogP contribution in [0.3, 0.4) is 0 Å². The summed E-state index contributed by atoms with van der Waals surface area (Å²) < 4.78 is 0. The Morgan fingerprint density at radius 2 is 1.89 bits per heavy atom. The number of halogens is 1. The lowest BCUT2D eigenvalue weighted by molar-refractivity contribution is 0.474. The van der Waals surface area contributed by atoms with Gasteiger partial charge >= 0.3 is 0 Å². The van der Waals surface area contributed by atoms with Crippen molar-refractivity contribution in [3.05, 3.63) is 58.1 Å². The number of aromatic hydroxyl groups is 1. The van der Waals surface area contributed by atoms with Crippen LogP contribution >= 0.6 is 11.6 Å². The Bertz CT molecular complexity index is 649. The highest BCUT2D eigenvalue weighted by molar-refractivity contribution is 6.30.